The maximum atomic E-state index is 11.9. The van der Waals surface area contributed by atoms with Gasteiger partial charge in [0.2, 0.25) is 5.91 Å². The highest BCUT2D eigenvalue weighted by Crippen LogP contribution is 2.26. The van der Waals surface area contributed by atoms with Gasteiger partial charge in [-0.25, -0.2) is 4.98 Å². The molecule has 3 N–H and O–H groups in total. The number of aromatic nitrogens is 1. The number of nitrogens with zero attached hydrogens (tertiary/aromatic N) is 1. The third-order valence-electron chi connectivity index (χ3n) is 3.00. The van der Waals surface area contributed by atoms with Crippen molar-refractivity contribution in [1.82, 2.24) is 4.98 Å². The van der Waals surface area contributed by atoms with Gasteiger partial charge in [0, 0.05) is 18.3 Å². The van der Waals surface area contributed by atoms with Crippen molar-refractivity contribution in [3.8, 4) is 0 Å². The molecular formula is C11H15N3O2S. The van der Waals surface area contributed by atoms with E-state index >= 15 is 0 Å². The molecule has 0 aromatic carbocycles. The van der Waals surface area contributed by atoms with Gasteiger partial charge in [-0.15, -0.1) is 11.3 Å². The first kappa shape index (κ1) is 12.2. The minimum absolute atomic E-state index is 0.0535. The smallest absolute Gasteiger partial charge is 0.230 e. The molecule has 1 fully saturated rings. The second-order valence-corrected chi connectivity index (χ2v) is 5.14. The zero-order valence-electron chi connectivity index (χ0n) is 9.60. The molecule has 1 saturated carbocycles. The summed E-state index contributed by atoms with van der Waals surface area (Å²) < 4.78 is 0. The molecule has 1 aliphatic rings. The van der Waals surface area contributed by atoms with Gasteiger partial charge in [-0.2, -0.15) is 0 Å². The molecule has 0 spiro atoms. The van der Waals surface area contributed by atoms with Crippen molar-refractivity contribution >= 4 is 28.2 Å². The molecule has 1 aromatic heterocycles. The number of anilines is 1. The predicted molar refractivity (Wildman–Crippen MR) is 66.1 cm³/mol. The van der Waals surface area contributed by atoms with Gasteiger partial charge in [0.05, 0.1) is 5.92 Å². The molecule has 1 amide bonds. The third-order valence-corrected chi connectivity index (χ3v) is 3.76. The van der Waals surface area contributed by atoms with Crippen LogP contribution in [0.2, 0.25) is 0 Å². The second-order valence-electron chi connectivity index (χ2n) is 4.28. The number of amides is 1. The zero-order chi connectivity index (χ0) is 12.4. The Kier molecular flexibility index (Phi) is 3.54. The van der Waals surface area contributed by atoms with Crippen molar-refractivity contribution in [1.29, 1.82) is 0 Å². The quantitative estimate of drug-likeness (QED) is 0.798. The van der Waals surface area contributed by atoms with Gasteiger partial charge < -0.3 is 11.1 Å². The molecule has 0 saturated heterocycles. The van der Waals surface area contributed by atoms with Gasteiger partial charge in [-0.1, -0.05) is 6.42 Å². The summed E-state index contributed by atoms with van der Waals surface area (Å²) >= 11 is 1.26. The number of Topliss-reactive ketones (excluding diaryl/α,β-unsaturated/α-hetero) is 1. The second kappa shape index (κ2) is 4.93. The topological polar surface area (TPSA) is 85.1 Å². The van der Waals surface area contributed by atoms with Gasteiger partial charge in [0.25, 0.3) is 0 Å². The van der Waals surface area contributed by atoms with Crippen LogP contribution in [-0.4, -0.2) is 22.7 Å². The number of hydrogen-bond acceptors (Lipinski definition) is 5. The average Bonchev–Trinajstić information content (AvgIpc) is 2.86. The van der Waals surface area contributed by atoms with Gasteiger partial charge in [0.15, 0.2) is 10.9 Å². The molecule has 92 valence electrons. The van der Waals surface area contributed by atoms with Crippen molar-refractivity contribution in [2.75, 3.05) is 5.32 Å². The fraction of sp³-hybridized carbons (Fsp3) is 0.545. The normalized spacial score (nSPS) is 23.6. The molecule has 17 heavy (non-hydrogen) atoms. The van der Waals surface area contributed by atoms with Crippen LogP contribution in [0.4, 0.5) is 5.13 Å². The summed E-state index contributed by atoms with van der Waals surface area (Å²) in [6.45, 7) is 1.45. The van der Waals surface area contributed by atoms with E-state index in [1.807, 2.05) is 0 Å². The van der Waals surface area contributed by atoms with E-state index in [0.29, 0.717) is 10.8 Å². The van der Waals surface area contributed by atoms with Crippen LogP contribution in [0.5, 0.6) is 0 Å². The van der Waals surface area contributed by atoms with Gasteiger partial charge >= 0.3 is 0 Å². The molecule has 2 rings (SSSR count). The number of ketones is 1. The van der Waals surface area contributed by atoms with Crippen LogP contribution in [0.15, 0.2) is 5.38 Å². The molecular weight excluding hydrogens is 238 g/mol. The summed E-state index contributed by atoms with van der Waals surface area (Å²) in [5.74, 6) is -0.307. The van der Waals surface area contributed by atoms with E-state index in [2.05, 4.69) is 10.3 Å². The van der Waals surface area contributed by atoms with Crippen LogP contribution >= 0.6 is 11.3 Å². The fourth-order valence-corrected chi connectivity index (χ4v) is 2.76. The van der Waals surface area contributed by atoms with E-state index in [9.17, 15) is 9.59 Å². The molecule has 2 atom stereocenters. The van der Waals surface area contributed by atoms with Gasteiger partial charge in [-0.05, 0) is 12.8 Å². The molecule has 6 heteroatoms. The number of carbonyl (C=O) groups is 2. The first-order chi connectivity index (χ1) is 8.08. The van der Waals surface area contributed by atoms with Crippen LogP contribution < -0.4 is 11.1 Å². The highest BCUT2D eigenvalue weighted by molar-refractivity contribution is 7.14. The summed E-state index contributed by atoms with van der Waals surface area (Å²) in [5.41, 5.74) is 6.24. The van der Waals surface area contributed by atoms with Crippen LogP contribution in [0, 0.1) is 5.92 Å². The van der Waals surface area contributed by atoms with E-state index in [4.69, 9.17) is 5.73 Å². The number of nitrogens with one attached hydrogen (secondary N) is 1. The molecule has 5 nitrogen and oxygen atoms in total. The molecule has 0 radical (unpaired) electrons. The Morgan fingerprint density at radius 2 is 2.29 bits per heavy atom. The van der Waals surface area contributed by atoms with Crippen molar-refractivity contribution < 1.29 is 9.59 Å². The van der Waals surface area contributed by atoms with Gasteiger partial charge in [-0.3, -0.25) is 9.59 Å². The van der Waals surface area contributed by atoms with Crippen LogP contribution in [0.25, 0.3) is 0 Å². The lowest BCUT2D eigenvalue weighted by atomic mass is 10.0. The van der Waals surface area contributed by atoms with Crippen molar-refractivity contribution in [3.05, 3.63) is 11.1 Å². The maximum Gasteiger partial charge on any atom is 0.230 e. The standard InChI is InChI=1S/C11H15N3O2S/c1-6(15)9-5-17-11(13-9)14-10(16)7-3-2-4-8(7)12/h5,7-8H,2-4,12H2,1H3,(H,13,14,16). The molecule has 1 aliphatic carbocycles. The number of thiazole rings is 1. The first-order valence-corrected chi connectivity index (χ1v) is 6.49. The third kappa shape index (κ3) is 2.70. The number of rotatable bonds is 3. The van der Waals surface area contributed by atoms with Gasteiger partial charge in [0.1, 0.15) is 5.69 Å². The highest BCUT2D eigenvalue weighted by atomic mass is 32.1. The monoisotopic (exact) mass is 253 g/mol. The molecule has 0 aliphatic heterocycles. The summed E-state index contributed by atoms with van der Waals surface area (Å²) in [4.78, 5) is 27.0. The summed E-state index contributed by atoms with van der Waals surface area (Å²) in [6.07, 6.45) is 2.72. The van der Waals surface area contributed by atoms with E-state index in [1.54, 1.807) is 5.38 Å². The Bertz CT molecular complexity index is 444. The van der Waals surface area contributed by atoms with E-state index in [-0.39, 0.29) is 23.7 Å². The Morgan fingerprint density at radius 1 is 1.53 bits per heavy atom. The SMILES string of the molecule is CC(=O)c1csc(NC(=O)C2CCCC2N)n1. The Hall–Kier alpha value is -1.27. The van der Waals surface area contributed by atoms with Crippen molar-refractivity contribution in [2.24, 2.45) is 11.7 Å². The van der Waals surface area contributed by atoms with Crippen LogP contribution in [-0.2, 0) is 4.79 Å². The number of nitrogens with two attached hydrogens (primary N) is 1. The Balaban J connectivity index is 2.00. The molecule has 1 aromatic rings. The minimum atomic E-state index is -0.125. The van der Waals surface area contributed by atoms with E-state index in [1.165, 1.54) is 18.3 Å². The lowest BCUT2D eigenvalue weighted by molar-refractivity contribution is -0.120. The van der Waals surface area contributed by atoms with E-state index in [0.717, 1.165) is 19.3 Å². The van der Waals surface area contributed by atoms with Crippen LogP contribution in [0.1, 0.15) is 36.7 Å². The highest BCUT2D eigenvalue weighted by Gasteiger charge is 2.30. The largest absolute Gasteiger partial charge is 0.327 e. The summed E-state index contributed by atoms with van der Waals surface area (Å²) in [6, 6.07) is -0.0535. The summed E-state index contributed by atoms with van der Waals surface area (Å²) in [5, 5.41) is 4.84. The Labute approximate surface area is 103 Å². The van der Waals surface area contributed by atoms with Crippen LogP contribution in [0.3, 0.4) is 0 Å². The first-order valence-electron chi connectivity index (χ1n) is 5.61. The lowest BCUT2D eigenvalue weighted by Gasteiger charge is -2.13. The van der Waals surface area contributed by atoms with Crippen molar-refractivity contribution in [2.45, 2.75) is 32.2 Å². The molecule has 1 heterocycles. The predicted octanol–water partition coefficient (Wildman–Crippen LogP) is 1.41. The maximum absolute atomic E-state index is 11.9. The average molecular weight is 253 g/mol. The number of hydrogen-bond donors (Lipinski definition) is 2. The van der Waals surface area contributed by atoms with E-state index < -0.39 is 0 Å². The summed E-state index contributed by atoms with van der Waals surface area (Å²) in [7, 11) is 0. The molecule has 0 bridgehead atoms. The molecule has 2 unspecified atom stereocenters. The lowest BCUT2D eigenvalue weighted by Crippen LogP contribution is -2.34. The number of carbonyl (C=O) groups excluding carboxylic acids is 2. The van der Waals surface area contributed by atoms with Crippen molar-refractivity contribution in [3.63, 3.8) is 0 Å². The Morgan fingerprint density at radius 3 is 2.82 bits per heavy atom. The fourth-order valence-electron chi connectivity index (χ4n) is 2.01. The minimum Gasteiger partial charge on any atom is -0.327 e. The zero-order valence-corrected chi connectivity index (χ0v) is 10.4.